The Morgan fingerprint density at radius 3 is 2.75 bits per heavy atom. The van der Waals surface area contributed by atoms with E-state index in [9.17, 15) is 4.39 Å². The molecule has 1 N–H and O–H groups in total. The van der Waals surface area contributed by atoms with E-state index in [0.717, 1.165) is 31.4 Å². The van der Waals surface area contributed by atoms with Gasteiger partial charge in [-0.3, -0.25) is 0 Å². The second kappa shape index (κ2) is 5.41. The van der Waals surface area contributed by atoms with Gasteiger partial charge in [0.05, 0.1) is 6.10 Å². The van der Waals surface area contributed by atoms with Gasteiger partial charge in [0.25, 0.3) is 0 Å². The molecule has 1 aliphatic heterocycles. The van der Waals surface area contributed by atoms with Crippen LogP contribution in [0.5, 0.6) is 0 Å². The molecule has 1 fully saturated rings. The lowest BCUT2D eigenvalue weighted by Crippen LogP contribution is -2.39. The highest BCUT2D eigenvalue weighted by atomic mass is 19.1. The molecule has 88 valence electrons. The van der Waals surface area contributed by atoms with Gasteiger partial charge in [0.15, 0.2) is 0 Å². The minimum Gasteiger partial charge on any atom is -0.377 e. The summed E-state index contributed by atoms with van der Waals surface area (Å²) < 4.78 is 18.4. The zero-order valence-electron chi connectivity index (χ0n) is 9.58. The van der Waals surface area contributed by atoms with Crippen molar-refractivity contribution in [2.75, 3.05) is 13.7 Å². The third kappa shape index (κ3) is 2.80. The summed E-state index contributed by atoms with van der Waals surface area (Å²) in [6, 6.07) is 7.03. The van der Waals surface area contributed by atoms with E-state index in [1.807, 2.05) is 19.2 Å². The average Bonchev–Trinajstić information content (AvgIpc) is 2.82. The highest BCUT2D eigenvalue weighted by Gasteiger charge is 2.24. The van der Waals surface area contributed by atoms with Crippen LogP contribution in [0.1, 0.15) is 18.4 Å². The molecule has 16 heavy (non-hydrogen) atoms. The van der Waals surface area contributed by atoms with E-state index in [1.165, 1.54) is 12.1 Å². The fraction of sp³-hybridized carbons (Fsp3) is 0.538. The van der Waals surface area contributed by atoms with Crippen molar-refractivity contribution in [3.63, 3.8) is 0 Å². The largest absolute Gasteiger partial charge is 0.377 e. The van der Waals surface area contributed by atoms with Gasteiger partial charge in [-0.2, -0.15) is 0 Å². The van der Waals surface area contributed by atoms with Crippen molar-refractivity contribution in [1.29, 1.82) is 0 Å². The van der Waals surface area contributed by atoms with Crippen LogP contribution in [0, 0.1) is 5.82 Å². The smallest absolute Gasteiger partial charge is 0.123 e. The van der Waals surface area contributed by atoms with E-state index in [-0.39, 0.29) is 5.82 Å². The van der Waals surface area contributed by atoms with E-state index in [1.54, 1.807) is 0 Å². The molecule has 0 unspecified atom stereocenters. The minimum absolute atomic E-state index is 0.179. The summed E-state index contributed by atoms with van der Waals surface area (Å²) in [5, 5.41) is 3.29. The van der Waals surface area contributed by atoms with Crippen LogP contribution in [0.4, 0.5) is 4.39 Å². The molecule has 0 aromatic heterocycles. The maximum atomic E-state index is 12.8. The van der Waals surface area contributed by atoms with Gasteiger partial charge in [-0.25, -0.2) is 4.39 Å². The van der Waals surface area contributed by atoms with Gasteiger partial charge < -0.3 is 10.1 Å². The zero-order valence-corrected chi connectivity index (χ0v) is 9.58. The minimum atomic E-state index is -0.179. The van der Waals surface area contributed by atoms with E-state index in [4.69, 9.17) is 4.74 Å². The molecular formula is C13H18FNO. The van der Waals surface area contributed by atoms with Gasteiger partial charge in [-0.1, -0.05) is 12.1 Å². The highest BCUT2D eigenvalue weighted by molar-refractivity contribution is 5.17. The number of benzene rings is 1. The molecule has 1 saturated heterocycles. The third-order valence-electron chi connectivity index (χ3n) is 3.15. The van der Waals surface area contributed by atoms with Gasteiger partial charge in [-0.15, -0.1) is 0 Å². The van der Waals surface area contributed by atoms with Crippen LogP contribution in [0.3, 0.4) is 0 Å². The van der Waals surface area contributed by atoms with Crippen molar-refractivity contribution in [1.82, 2.24) is 5.32 Å². The van der Waals surface area contributed by atoms with Crippen molar-refractivity contribution >= 4 is 0 Å². The van der Waals surface area contributed by atoms with Crippen LogP contribution in [0.25, 0.3) is 0 Å². The van der Waals surface area contributed by atoms with Gasteiger partial charge in [0.1, 0.15) is 5.82 Å². The number of rotatable bonds is 4. The number of ether oxygens (including phenoxy) is 1. The molecule has 2 rings (SSSR count). The first-order chi connectivity index (χ1) is 7.79. The molecule has 0 spiro atoms. The summed E-state index contributed by atoms with van der Waals surface area (Å²) in [6.45, 7) is 0.867. The predicted molar refractivity (Wildman–Crippen MR) is 61.9 cm³/mol. The van der Waals surface area contributed by atoms with Crippen molar-refractivity contribution in [3.05, 3.63) is 35.6 Å². The number of nitrogens with one attached hydrogen (secondary N) is 1. The zero-order chi connectivity index (χ0) is 11.4. The fourth-order valence-corrected chi connectivity index (χ4v) is 2.21. The molecule has 3 heteroatoms. The molecule has 0 aliphatic carbocycles. The Bertz CT molecular complexity index is 319. The Kier molecular flexibility index (Phi) is 3.91. The normalized spacial score (nSPS) is 22.2. The third-order valence-corrected chi connectivity index (χ3v) is 3.15. The first-order valence-electron chi connectivity index (χ1n) is 5.83. The Morgan fingerprint density at radius 1 is 1.44 bits per heavy atom. The van der Waals surface area contributed by atoms with Crippen LogP contribution in [-0.4, -0.2) is 25.8 Å². The van der Waals surface area contributed by atoms with Gasteiger partial charge >= 0.3 is 0 Å². The Hall–Kier alpha value is -0.930. The van der Waals surface area contributed by atoms with E-state index in [2.05, 4.69) is 5.32 Å². The Morgan fingerprint density at radius 2 is 2.19 bits per heavy atom. The molecule has 2 nitrogen and oxygen atoms in total. The van der Waals surface area contributed by atoms with Crippen LogP contribution in [-0.2, 0) is 11.2 Å². The molecule has 0 amide bonds. The summed E-state index contributed by atoms with van der Waals surface area (Å²) in [6.07, 6.45) is 3.45. The van der Waals surface area contributed by atoms with Crippen molar-refractivity contribution < 1.29 is 9.13 Å². The van der Waals surface area contributed by atoms with E-state index >= 15 is 0 Å². The molecular weight excluding hydrogens is 205 g/mol. The SMILES string of the molecule is CN[C@@H](Cc1ccc(F)cc1)[C@H]1CCCO1. The Labute approximate surface area is 95.8 Å². The second-order valence-corrected chi connectivity index (χ2v) is 4.28. The average molecular weight is 223 g/mol. The first-order valence-corrected chi connectivity index (χ1v) is 5.83. The topological polar surface area (TPSA) is 21.3 Å². The van der Waals surface area contributed by atoms with Crippen LogP contribution in [0.2, 0.25) is 0 Å². The molecule has 1 aromatic carbocycles. The lowest BCUT2D eigenvalue weighted by Gasteiger charge is -2.22. The molecule has 0 radical (unpaired) electrons. The lowest BCUT2D eigenvalue weighted by molar-refractivity contribution is 0.0808. The standard InChI is InChI=1S/C13H18FNO/c1-15-12(13-3-2-8-16-13)9-10-4-6-11(14)7-5-10/h4-7,12-13,15H,2-3,8-9H2,1H3/t12-,13+/m0/s1. The number of hydrogen-bond donors (Lipinski definition) is 1. The molecule has 1 heterocycles. The van der Waals surface area contributed by atoms with Gasteiger partial charge in [0, 0.05) is 12.6 Å². The maximum absolute atomic E-state index is 12.8. The van der Waals surface area contributed by atoms with Crippen LogP contribution < -0.4 is 5.32 Å². The first kappa shape index (κ1) is 11.6. The van der Waals surface area contributed by atoms with E-state index in [0.29, 0.717) is 12.1 Å². The number of halogens is 1. The molecule has 0 saturated carbocycles. The van der Waals surface area contributed by atoms with Crippen molar-refractivity contribution in [3.8, 4) is 0 Å². The molecule has 1 aromatic rings. The predicted octanol–water partition coefficient (Wildman–Crippen LogP) is 2.14. The van der Waals surface area contributed by atoms with Gasteiger partial charge in [0.2, 0.25) is 0 Å². The summed E-state index contributed by atoms with van der Waals surface area (Å²) in [5.74, 6) is -0.179. The molecule has 0 bridgehead atoms. The Balaban J connectivity index is 1.97. The van der Waals surface area contributed by atoms with Crippen LogP contribution in [0.15, 0.2) is 24.3 Å². The maximum Gasteiger partial charge on any atom is 0.123 e. The number of likely N-dealkylation sites (N-methyl/N-ethyl adjacent to an activating group) is 1. The van der Waals surface area contributed by atoms with Crippen molar-refractivity contribution in [2.45, 2.75) is 31.4 Å². The summed E-state index contributed by atoms with van der Waals surface area (Å²) in [4.78, 5) is 0. The number of hydrogen-bond acceptors (Lipinski definition) is 2. The lowest BCUT2D eigenvalue weighted by atomic mass is 9.99. The van der Waals surface area contributed by atoms with Gasteiger partial charge in [-0.05, 0) is 44.0 Å². The summed E-state index contributed by atoms with van der Waals surface area (Å²) in [5.41, 5.74) is 1.15. The summed E-state index contributed by atoms with van der Waals surface area (Å²) >= 11 is 0. The fourth-order valence-electron chi connectivity index (χ4n) is 2.21. The monoisotopic (exact) mass is 223 g/mol. The molecule has 2 atom stereocenters. The molecule has 1 aliphatic rings. The quantitative estimate of drug-likeness (QED) is 0.844. The van der Waals surface area contributed by atoms with Crippen molar-refractivity contribution in [2.24, 2.45) is 0 Å². The summed E-state index contributed by atoms with van der Waals surface area (Å²) in [7, 11) is 1.95. The highest BCUT2D eigenvalue weighted by Crippen LogP contribution is 2.18. The second-order valence-electron chi connectivity index (χ2n) is 4.28. The van der Waals surface area contributed by atoms with E-state index < -0.39 is 0 Å². The van der Waals surface area contributed by atoms with Crippen LogP contribution >= 0.6 is 0 Å².